The van der Waals surface area contributed by atoms with Gasteiger partial charge in [-0.05, 0) is 37.3 Å². The van der Waals surface area contributed by atoms with Gasteiger partial charge in [0, 0.05) is 18.8 Å². The van der Waals surface area contributed by atoms with Crippen molar-refractivity contribution in [3.05, 3.63) is 52.0 Å². The zero-order valence-electron chi connectivity index (χ0n) is 15.8. The van der Waals surface area contributed by atoms with Gasteiger partial charge in [0.25, 0.3) is 5.91 Å². The van der Waals surface area contributed by atoms with Crippen LogP contribution in [0.1, 0.15) is 31.1 Å². The molecule has 0 atom stereocenters. The highest BCUT2D eigenvalue weighted by Gasteiger charge is 2.26. The van der Waals surface area contributed by atoms with Crippen LogP contribution in [0.2, 0.25) is 10.0 Å². The van der Waals surface area contributed by atoms with Crippen LogP contribution >= 0.6 is 23.2 Å². The molecule has 0 aliphatic carbocycles. The van der Waals surface area contributed by atoms with Crippen LogP contribution in [-0.4, -0.2) is 38.3 Å². The Kier molecular flexibility index (Phi) is 7.71. The van der Waals surface area contributed by atoms with E-state index in [1.165, 1.54) is 16.4 Å². The van der Waals surface area contributed by atoms with Crippen molar-refractivity contribution in [3.63, 3.8) is 0 Å². The van der Waals surface area contributed by atoms with Crippen molar-refractivity contribution in [2.24, 2.45) is 0 Å². The number of hydrogen-bond acceptors (Lipinski definition) is 4. The predicted molar refractivity (Wildman–Crippen MR) is 112 cm³/mol. The van der Waals surface area contributed by atoms with Gasteiger partial charge in [-0.1, -0.05) is 43.1 Å². The van der Waals surface area contributed by atoms with Crippen molar-refractivity contribution >= 4 is 44.8 Å². The van der Waals surface area contributed by atoms with E-state index in [9.17, 15) is 13.2 Å². The summed E-state index contributed by atoms with van der Waals surface area (Å²) in [5, 5.41) is 3.05. The first-order chi connectivity index (χ1) is 13.3. The third-order valence-electron chi connectivity index (χ3n) is 4.01. The van der Waals surface area contributed by atoms with E-state index in [4.69, 9.17) is 27.9 Å². The van der Waals surface area contributed by atoms with Gasteiger partial charge < -0.3 is 10.1 Å². The largest absolute Gasteiger partial charge is 0.492 e. The number of carbonyl (C=O) groups excluding carboxylic acids is 1. The van der Waals surface area contributed by atoms with Crippen LogP contribution in [0, 0.1) is 0 Å². The van der Waals surface area contributed by atoms with Crippen molar-refractivity contribution in [2.75, 3.05) is 25.0 Å². The Hall–Kier alpha value is -1.80. The summed E-state index contributed by atoms with van der Waals surface area (Å²) in [4.78, 5) is 12.6. The Balaban J connectivity index is 2.46. The van der Waals surface area contributed by atoms with Crippen molar-refractivity contribution in [1.29, 1.82) is 0 Å². The van der Waals surface area contributed by atoms with Crippen LogP contribution in [0.4, 0.5) is 5.69 Å². The zero-order valence-corrected chi connectivity index (χ0v) is 18.2. The number of amides is 1. The molecule has 0 fully saturated rings. The highest BCUT2D eigenvalue weighted by Crippen LogP contribution is 2.31. The molecule has 0 unspecified atom stereocenters. The molecule has 2 aromatic carbocycles. The van der Waals surface area contributed by atoms with Gasteiger partial charge in [-0.15, -0.1) is 0 Å². The summed E-state index contributed by atoms with van der Waals surface area (Å²) in [5.41, 5.74) is 0.406. The lowest BCUT2D eigenvalue weighted by atomic mass is 10.2. The second-order valence-electron chi connectivity index (χ2n) is 5.73. The Labute approximate surface area is 175 Å². The first-order valence-electron chi connectivity index (χ1n) is 8.78. The molecule has 0 heterocycles. The molecule has 1 N–H and O–H groups in total. The molecular formula is C19H22Cl2N2O4S. The molecule has 6 nitrogen and oxygen atoms in total. The smallest absolute Gasteiger partial charge is 0.258 e. The average molecular weight is 445 g/mol. The maximum Gasteiger partial charge on any atom is 0.258 e. The summed E-state index contributed by atoms with van der Waals surface area (Å²) in [7, 11) is -3.79. The van der Waals surface area contributed by atoms with Crippen LogP contribution in [0.15, 0.2) is 41.3 Å². The number of nitrogens with zero attached hydrogens (tertiary/aromatic N) is 1. The lowest BCUT2D eigenvalue weighted by molar-refractivity contribution is 0.102. The maximum absolute atomic E-state index is 13.0. The van der Waals surface area contributed by atoms with E-state index < -0.39 is 15.9 Å². The highest BCUT2D eigenvalue weighted by molar-refractivity contribution is 7.89. The van der Waals surface area contributed by atoms with Gasteiger partial charge in [-0.25, -0.2) is 8.42 Å². The van der Waals surface area contributed by atoms with Gasteiger partial charge in [0.15, 0.2) is 0 Å². The lowest BCUT2D eigenvalue weighted by Gasteiger charge is -2.21. The quantitative estimate of drug-likeness (QED) is 0.641. The number of carbonyl (C=O) groups is 1. The predicted octanol–water partition coefficient (Wildman–Crippen LogP) is 4.67. The number of halogens is 2. The summed E-state index contributed by atoms with van der Waals surface area (Å²) >= 11 is 12.1. The average Bonchev–Trinajstić information content (AvgIpc) is 2.63. The van der Waals surface area contributed by atoms with E-state index in [-0.39, 0.29) is 31.9 Å². The van der Waals surface area contributed by atoms with Crippen LogP contribution in [0.5, 0.6) is 5.75 Å². The summed E-state index contributed by atoms with van der Waals surface area (Å²) in [6.45, 7) is 6.22. The molecule has 0 aromatic heterocycles. The minimum absolute atomic E-state index is 0.0129. The Morgan fingerprint density at radius 3 is 2.21 bits per heavy atom. The third kappa shape index (κ3) is 4.78. The second kappa shape index (κ2) is 9.60. The molecule has 0 spiro atoms. The molecule has 0 bridgehead atoms. The van der Waals surface area contributed by atoms with E-state index in [0.717, 1.165) is 0 Å². The van der Waals surface area contributed by atoms with Crippen molar-refractivity contribution in [2.45, 2.75) is 25.7 Å². The number of sulfonamides is 1. The summed E-state index contributed by atoms with van der Waals surface area (Å²) in [5.74, 6) is -0.311. The SMILES string of the molecule is CCOc1ccc(NC(=O)c2c(Cl)cccc2Cl)cc1S(=O)(=O)N(CC)CC. The molecule has 9 heteroatoms. The van der Waals surface area contributed by atoms with E-state index >= 15 is 0 Å². The number of hydrogen-bond donors (Lipinski definition) is 1. The topological polar surface area (TPSA) is 75.7 Å². The molecule has 152 valence electrons. The van der Waals surface area contributed by atoms with Gasteiger partial charge in [-0.3, -0.25) is 4.79 Å². The number of nitrogens with one attached hydrogen (secondary N) is 1. The van der Waals surface area contributed by atoms with E-state index in [2.05, 4.69) is 5.32 Å². The summed E-state index contributed by atoms with van der Waals surface area (Å²) < 4.78 is 32.8. The molecular weight excluding hydrogens is 423 g/mol. The lowest BCUT2D eigenvalue weighted by Crippen LogP contribution is -2.31. The van der Waals surface area contributed by atoms with E-state index in [0.29, 0.717) is 19.7 Å². The minimum atomic E-state index is -3.79. The van der Waals surface area contributed by atoms with Crippen LogP contribution in [0.25, 0.3) is 0 Å². The number of rotatable bonds is 8. The molecule has 28 heavy (non-hydrogen) atoms. The Morgan fingerprint density at radius 2 is 1.68 bits per heavy atom. The molecule has 2 aromatic rings. The monoisotopic (exact) mass is 444 g/mol. The van der Waals surface area contributed by atoms with Gasteiger partial charge in [-0.2, -0.15) is 4.31 Å². The number of anilines is 1. The molecule has 0 saturated carbocycles. The van der Waals surface area contributed by atoms with Gasteiger partial charge in [0.2, 0.25) is 10.0 Å². The third-order valence-corrected chi connectivity index (χ3v) is 6.72. The number of benzene rings is 2. The first-order valence-corrected chi connectivity index (χ1v) is 11.0. The molecule has 0 aliphatic rings. The fourth-order valence-electron chi connectivity index (χ4n) is 2.67. The van der Waals surface area contributed by atoms with Gasteiger partial charge >= 0.3 is 0 Å². The van der Waals surface area contributed by atoms with Crippen LogP contribution < -0.4 is 10.1 Å². The Bertz CT molecular complexity index is 940. The zero-order chi connectivity index (χ0) is 20.9. The first kappa shape index (κ1) is 22.5. The molecule has 0 radical (unpaired) electrons. The van der Waals surface area contributed by atoms with Crippen molar-refractivity contribution in [3.8, 4) is 5.75 Å². The number of ether oxygens (including phenoxy) is 1. The van der Waals surface area contributed by atoms with Gasteiger partial charge in [0.05, 0.1) is 22.2 Å². The summed E-state index contributed by atoms with van der Waals surface area (Å²) in [6.07, 6.45) is 0. The molecule has 0 aliphatic heterocycles. The standard InChI is InChI=1S/C19H22Cl2N2O4S/c1-4-23(5-2)28(25,26)17-12-13(10-11-16(17)27-6-3)22-19(24)18-14(20)8-7-9-15(18)21/h7-12H,4-6H2,1-3H3,(H,22,24). The maximum atomic E-state index is 13.0. The normalized spacial score (nSPS) is 11.5. The van der Waals surface area contributed by atoms with Gasteiger partial charge in [0.1, 0.15) is 10.6 Å². The van der Waals surface area contributed by atoms with Crippen LogP contribution in [-0.2, 0) is 10.0 Å². The van der Waals surface area contributed by atoms with E-state index in [1.54, 1.807) is 45.0 Å². The fourth-order valence-corrected chi connectivity index (χ4v) is 4.86. The molecule has 0 saturated heterocycles. The molecule has 1 amide bonds. The summed E-state index contributed by atoms with van der Waals surface area (Å²) in [6, 6.07) is 9.20. The van der Waals surface area contributed by atoms with Crippen molar-refractivity contribution < 1.29 is 17.9 Å². The minimum Gasteiger partial charge on any atom is -0.492 e. The van der Waals surface area contributed by atoms with Crippen molar-refractivity contribution in [1.82, 2.24) is 4.31 Å². The molecule has 2 rings (SSSR count). The second-order valence-corrected chi connectivity index (χ2v) is 8.46. The van der Waals surface area contributed by atoms with E-state index in [1.807, 2.05) is 0 Å². The highest BCUT2D eigenvalue weighted by atomic mass is 35.5. The van der Waals surface area contributed by atoms with Crippen LogP contribution in [0.3, 0.4) is 0 Å². The fraction of sp³-hybridized carbons (Fsp3) is 0.316. The Morgan fingerprint density at radius 1 is 1.07 bits per heavy atom.